The van der Waals surface area contributed by atoms with Gasteiger partial charge in [0.25, 0.3) is 0 Å². The second-order valence-corrected chi connectivity index (χ2v) is 6.03. The van der Waals surface area contributed by atoms with Gasteiger partial charge in [-0.05, 0) is 60.7 Å². The van der Waals surface area contributed by atoms with Crippen LogP contribution in [0.3, 0.4) is 0 Å². The van der Waals surface area contributed by atoms with Crippen LogP contribution in [0.15, 0.2) is 16.7 Å². The summed E-state index contributed by atoms with van der Waals surface area (Å²) >= 11 is 3.47. The molecule has 1 aromatic heterocycles. The van der Waals surface area contributed by atoms with E-state index in [2.05, 4.69) is 33.1 Å². The van der Waals surface area contributed by atoms with Gasteiger partial charge in [-0.2, -0.15) is 5.10 Å². The number of aromatic amines is 1. The van der Waals surface area contributed by atoms with Crippen LogP contribution in [0.5, 0.6) is 5.75 Å². The second kappa shape index (κ2) is 5.13. The van der Waals surface area contributed by atoms with Crippen LogP contribution in [0.25, 0.3) is 10.9 Å². The molecule has 102 valence electrons. The van der Waals surface area contributed by atoms with Gasteiger partial charge in [-0.25, -0.2) is 0 Å². The maximum absolute atomic E-state index is 6.15. The highest BCUT2D eigenvalue weighted by Gasteiger charge is 2.21. The topological polar surface area (TPSA) is 63.9 Å². The van der Waals surface area contributed by atoms with Gasteiger partial charge < -0.3 is 10.5 Å². The standard InChI is InChI=1S/C14H18BrN3O/c1-8-12(19-10-4-2-9(16)3-5-10)7-6-11-13(8)14(15)18-17-11/h6-7,9-10H,2-5,16H2,1H3,(H,17,18). The van der Waals surface area contributed by atoms with Crippen LogP contribution in [0.1, 0.15) is 31.2 Å². The molecular weight excluding hydrogens is 306 g/mol. The Morgan fingerprint density at radius 2 is 2.05 bits per heavy atom. The second-order valence-electron chi connectivity index (χ2n) is 5.28. The lowest BCUT2D eigenvalue weighted by molar-refractivity contribution is 0.146. The number of H-pyrrole nitrogens is 1. The van der Waals surface area contributed by atoms with E-state index in [0.29, 0.717) is 12.1 Å². The Hall–Kier alpha value is -1.07. The van der Waals surface area contributed by atoms with Crippen LogP contribution in [0, 0.1) is 6.92 Å². The van der Waals surface area contributed by atoms with Gasteiger partial charge in [0, 0.05) is 17.0 Å². The molecule has 0 amide bonds. The van der Waals surface area contributed by atoms with Crippen molar-refractivity contribution in [2.24, 2.45) is 5.73 Å². The van der Waals surface area contributed by atoms with Gasteiger partial charge in [-0.15, -0.1) is 0 Å². The van der Waals surface area contributed by atoms with Crippen LogP contribution in [-0.2, 0) is 0 Å². The highest BCUT2D eigenvalue weighted by molar-refractivity contribution is 9.10. The zero-order valence-corrected chi connectivity index (χ0v) is 12.5. The third kappa shape index (κ3) is 2.49. The minimum absolute atomic E-state index is 0.293. The summed E-state index contributed by atoms with van der Waals surface area (Å²) in [5.41, 5.74) is 8.09. The largest absolute Gasteiger partial charge is 0.490 e. The van der Waals surface area contributed by atoms with E-state index < -0.39 is 0 Å². The van der Waals surface area contributed by atoms with Crippen molar-refractivity contribution in [3.63, 3.8) is 0 Å². The number of rotatable bonds is 2. The number of nitrogens with two attached hydrogens (primary N) is 1. The van der Waals surface area contributed by atoms with Gasteiger partial charge in [-0.1, -0.05) is 0 Å². The molecule has 0 radical (unpaired) electrons. The minimum atomic E-state index is 0.293. The third-order valence-corrected chi connectivity index (χ3v) is 4.48. The number of ether oxygens (including phenoxy) is 1. The Labute approximate surface area is 120 Å². The van der Waals surface area contributed by atoms with Crippen molar-refractivity contribution in [3.05, 3.63) is 22.3 Å². The molecular formula is C14H18BrN3O. The fourth-order valence-corrected chi connectivity index (χ4v) is 3.33. The molecule has 19 heavy (non-hydrogen) atoms. The first-order valence-electron chi connectivity index (χ1n) is 6.70. The summed E-state index contributed by atoms with van der Waals surface area (Å²) < 4.78 is 6.99. The van der Waals surface area contributed by atoms with Crippen molar-refractivity contribution in [2.45, 2.75) is 44.8 Å². The predicted molar refractivity (Wildman–Crippen MR) is 79.4 cm³/mol. The lowest BCUT2D eigenvalue weighted by Gasteiger charge is -2.27. The molecule has 0 unspecified atom stereocenters. The molecule has 1 aromatic carbocycles. The first-order chi connectivity index (χ1) is 9.15. The van der Waals surface area contributed by atoms with Crippen molar-refractivity contribution >= 4 is 26.8 Å². The zero-order chi connectivity index (χ0) is 13.4. The number of aromatic nitrogens is 2. The highest BCUT2D eigenvalue weighted by Crippen LogP contribution is 2.33. The van der Waals surface area contributed by atoms with Crippen LogP contribution < -0.4 is 10.5 Å². The van der Waals surface area contributed by atoms with Crippen molar-refractivity contribution in [1.29, 1.82) is 0 Å². The summed E-state index contributed by atoms with van der Waals surface area (Å²) in [7, 11) is 0. The molecule has 0 atom stereocenters. The molecule has 5 heteroatoms. The zero-order valence-electron chi connectivity index (χ0n) is 10.9. The van der Waals surface area contributed by atoms with E-state index in [4.69, 9.17) is 10.5 Å². The molecule has 4 nitrogen and oxygen atoms in total. The van der Waals surface area contributed by atoms with Crippen LogP contribution in [0.4, 0.5) is 0 Å². The third-order valence-electron chi connectivity index (χ3n) is 3.91. The summed E-state index contributed by atoms with van der Waals surface area (Å²) in [4.78, 5) is 0. The van der Waals surface area contributed by atoms with Crippen LogP contribution in [0.2, 0.25) is 0 Å². The fourth-order valence-electron chi connectivity index (χ4n) is 2.73. The van der Waals surface area contributed by atoms with Crippen LogP contribution >= 0.6 is 15.9 Å². The Bertz CT molecular complexity index is 588. The molecule has 1 fully saturated rings. The summed E-state index contributed by atoms with van der Waals surface area (Å²) in [6.45, 7) is 2.08. The predicted octanol–water partition coefficient (Wildman–Crippen LogP) is 3.28. The lowest BCUT2D eigenvalue weighted by atomic mass is 9.93. The molecule has 3 rings (SSSR count). The Kier molecular flexibility index (Phi) is 3.50. The first kappa shape index (κ1) is 12.9. The SMILES string of the molecule is Cc1c(OC2CCC(N)CC2)ccc2[nH]nc(Br)c12. The van der Waals surface area contributed by atoms with E-state index in [9.17, 15) is 0 Å². The van der Waals surface area contributed by atoms with E-state index in [1.54, 1.807) is 0 Å². The molecule has 3 N–H and O–H groups in total. The van der Waals surface area contributed by atoms with Crippen molar-refractivity contribution in [1.82, 2.24) is 10.2 Å². The van der Waals surface area contributed by atoms with Gasteiger partial charge in [0.2, 0.25) is 0 Å². The first-order valence-corrected chi connectivity index (χ1v) is 7.50. The molecule has 1 saturated carbocycles. The summed E-state index contributed by atoms with van der Waals surface area (Å²) in [5, 5.41) is 8.27. The normalized spacial score (nSPS) is 23.7. The maximum Gasteiger partial charge on any atom is 0.136 e. The molecule has 0 saturated heterocycles. The van der Waals surface area contributed by atoms with E-state index in [-0.39, 0.29) is 0 Å². The van der Waals surface area contributed by atoms with Crippen molar-refractivity contribution in [3.8, 4) is 5.75 Å². The molecule has 1 heterocycles. The number of fused-ring (bicyclic) bond motifs is 1. The minimum Gasteiger partial charge on any atom is -0.490 e. The van der Waals surface area contributed by atoms with E-state index >= 15 is 0 Å². The molecule has 2 aromatic rings. The average molecular weight is 324 g/mol. The van der Waals surface area contributed by atoms with Crippen molar-refractivity contribution < 1.29 is 4.74 Å². The van der Waals surface area contributed by atoms with Gasteiger partial charge in [-0.3, -0.25) is 5.10 Å². The summed E-state index contributed by atoms with van der Waals surface area (Å²) in [5.74, 6) is 0.954. The number of aryl methyl sites for hydroxylation is 1. The molecule has 1 aliphatic rings. The number of nitrogens with one attached hydrogen (secondary N) is 1. The maximum atomic E-state index is 6.15. The Morgan fingerprint density at radius 3 is 2.79 bits per heavy atom. The number of nitrogens with zero attached hydrogens (tertiary/aromatic N) is 1. The highest BCUT2D eigenvalue weighted by atomic mass is 79.9. The molecule has 0 aliphatic heterocycles. The van der Waals surface area contributed by atoms with Gasteiger partial charge >= 0.3 is 0 Å². The monoisotopic (exact) mass is 323 g/mol. The quantitative estimate of drug-likeness (QED) is 0.891. The Morgan fingerprint density at radius 1 is 1.32 bits per heavy atom. The Balaban J connectivity index is 1.85. The van der Waals surface area contributed by atoms with Gasteiger partial charge in [0.1, 0.15) is 10.4 Å². The number of hydrogen-bond acceptors (Lipinski definition) is 3. The fraction of sp³-hybridized carbons (Fsp3) is 0.500. The smallest absolute Gasteiger partial charge is 0.136 e. The molecule has 0 bridgehead atoms. The number of benzene rings is 1. The van der Waals surface area contributed by atoms with Gasteiger partial charge in [0.15, 0.2) is 0 Å². The summed E-state index contributed by atoms with van der Waals surface area (Å²) in [6.07, 6.45) is 4.50. The van der Waals surface area contributed by atoms with E-state index in [0.717, 1.165) is 52.5 Å². The number of hydrogen-bond donors (Lipinski definition) is 2. The van der Waals surface area contributed by atoms with E-state index in [1.165, 1.54) is 0 Å². The lowest BCUT2D eigenvalue weighted by Crippen LogP contribution is -2.31. The van der Waals surface area contributed by atoms with Crippen molar-refractivity contribution in [2.75, 3.05) is 0 Å². The van der Waals surface area contributed by atoms with E-state index in [1.807, 2.05) is 12.1 Å². The average Bonchev–Trinajstić information content (AvgIpc) is 2.78. The molecule has 0 spiro atoms. The molecule has 1 aliphatic carbocycles. The number of halogens is 1. The van der Waals surface area contributed by atoms with Gasteiger partial charge in [0.05, 0.1) is 11.6 Å². The van der Waals surface area contributed by atoms with Crippen LogP contribution in [-0.4, -0.2) is 22.3 Å². The summed E-state index contributed by atoms with van der Waals surface area (Å²) in [6, 6.07) is 4.40.